The number of carbonyl (C=O) groups is 1. The van der Waals surface area contributed by atoms with Crippen LogP contribution in [0.25, 0.3) is 0 Å². The van der Waals surface area contributed by atoms with Crippen LogP contribution < -0.4 is 10.1 Å². The van der Waals surface area contributed by atoms with Crippen molar-refractivity contribution in [1.29, 1.82) is 0 Å². The third-order valence-electron chi connectivity index (χ3n) is 2.79. The lowest BCUT2D eigenvalue weighted by Crippen LogP contribution is -2.29. The summed E-state index contributed by atoms with van der Waals surface area (Å²) in [4.78, 5) is 22.3. The zero-order valence-electron chi connectivity index (χ0n) is 12.4. The van der Waals surface area contributed by atoms with Crippen molar-refractivity contribution in [1.82, 2.24) is 5.32 Å². The maximum Gasteiger partial charge on any atom is 0.347 e. The highest BCUT2D eigenvalue weighted by Crippen LogP contribution is 2.29. The van der Waals surface area contributed by atoms with Crippen LogP contribution in [0, 0.1) is 10.1 Å². The molecule has 0 spiro atoms. The number of hydrogen-bond donors (Lipinski definition) is 1. The molecule has 1 N–H and O–H groups in total. The molecule has 7 heteroatoms. The van der Waals surface area contributed by atoms with Gasteiger partial charge in [-0.05, 0) is 32.0 Å². The molecule has 0 saturated heterocycles. The summed E-state index contributed by atoms with van der Waals surface area (Å²) >= 11 is 0. The summed E-state index contributed by atoms with van der Waals surface area (Å²) in [5, 5.41) is 14.0. The minimum absolute atomic E-state index is 0.0765. The number of hydrogen-bond acceptors (Lipinski definition) is 6. The topological polar surface area (TPSA) is 90.7 Å². The predicted octanol–water partition coefficient (Wildman–Crippen LogP) is 2.03. The van der Waals surface area contributed by atoms with Gasteiger partial charge in [-0.2, -0.15) is 0 Å². The molecule has 0 radical (unpaired) electrons. The maximum atomic E-state index is 11.7. The SMILES string of the molecule is CCOC(=O)C(CC)Oc1cc(CNC)ccc1[N+](=O)[O-]. The lowest BCUT2D eigenvalue weighted by atomic mass is 10.2. The molecule has 0 aliphatic carbocycles. The molecule has 0 amide bonds. The van der Waals surface area contributed by atoms with Crippen LogP contribution in [0.1, 0.15) is 25.8 Å². The van der Waals surface area contributed by atoms with E-state index in [0.717, 1.165) is 5.56 Å². The Morgan fingerprint density at radius 2 is 2.14 bits per heavy atom. The number of esters is 1. The zero-order chi connectivity index (χ0) is 15.8. The van der Waals surface area contributed by atoms with E-state index >= 15 is 0 Å². The average Bonchev–Trinajstić information content (AvgIpc) is 2.45. The highest BCUT2D eigenvalue weighted by molar-refractivity contribution is 5.75. The van der Waals surface area contributed by atoms with E-state index in [1.165, 1.54) is 6.07 Å². The second kappa shape index (κ2) is 8.21. The van der Waals surface area contributed by atoms with Gasteiger partial charge in [0.1, 0.15) is 0 Å². The standard InChI is InChI=1S/C14H20N2O5/c1-4-12(14(17)20-5-2)21-13-8-10(9-15-3)6-7-11(13)16(18)19/h6-8,12,15H,4-5,9H2,1-3H3. The number of nitrogens with one attached hydrogen (secondary N) is 1. The molecular formula is C14H20N2O5. The first-order chi connectivity index (χ1) is 10.0. The highest BCUT2D eigenvalue weighted by Gasteiger charge is 2.24. The van der Waals surface area contributed by atoms with Gasteiger partial charge < -0.3 is 14.8 Å². The van der Waals surface area contributed by atoms with Crippen LogP contribution in [0.2, 0.25) is 0 Å². The molecule has 0 aromatic heterocycles. The van der Waals surface area contributed by atoms with E-state index in [2.05, 4.69) is 5.32 Å². The molecule has 1 unspecified atom stereocenters. The number of benzene rings is 1. The molecule has 21 heavy (non-hydrogen) atoms. The van der Waals surface area contributed by atoms with Crippen molar-refractivity contribution in [2.75, 3.05) is 13.7 Å². The van der Waals surface area contributed by atoms with E-state index in [0.29, 0.717) is 13.0 Å². The summed E-state index contributed by atoms with van der Waals surface area (Å²) in [6, 6.07) is 4.59. The molecule has 1 aromatic carbocycles. The van der Waals surface area contributed by atoms with Gasteiger partial charge in [-0.15, -0.1) is 0 Å². The lowest BCUT2D eigenvalue weighted by Gasteiger charge is -2.16. The molecule has 0 saturated carbocycles. The van der Waals surface area contributed by atoms with Gasteiger partial charge in [-0.25, -0.2) is 4.79 Å². The molecule has 1 rings (SSSR count). The van der Waals surface area contributed by atoms with E-state index in [-0.39, 0.29) is 18.0 Å². The fourth-order valence-electron chi connectivity index (χ4n) is 1.80. The van der Waals surface area contributed by atoms with Gasteiger partial charge in [0.05, 0.1) is 11.5 Å². The van der Waals surface area contributed by atoms with Crippen molar-refractivity contribution in [2.24, 2.45) is 0 Å². The van der Waals surface area contributed by atoms with Gasteiger partial charge in [0.25, 0.3) is 0 Å². The molecule has 7 nitrogen and oxygen atoms in total. The average molecular weight is 296 g/mol. The third kappa shape index (κ3) is 4.71. The molecular weight excluding hydrogens is 276 g/mol. The van der Waals surface area contributed by atoms with Crippen LogP contribution >= 0.6 is 0 Å². The fourth-order valence-corrected chi connectivity index (χ4v) is 1.80. The number of ether oxygens (including phenoxy) is 2. The van der Waals surface area contributed by atoms with Gasteiger partial charge >= 0.3 is 11.7 Å². The Balaban J connectivity index is 3.04. The van der Waals surface area contributed by atoms with Crippen molar-refractivity contribution in [2.45, 2.75) is 32.9 Å². The van der Waals surface area contributed by atoms with Gasteiger partial charge in [0.15, 0.2) is 11.9 Å². The minimum atomic E-state index is -0.853. The smallest absolute Gasteiger partial charge is 0.347 e. The summed E-state index contributed by atoms with van der Waals surface area (Å²) in [7, 11) is 1.77. The molecule has 1 atom stereocenters. The molecule has 0 fully saturated rings. The molecule has 0 heterocycles. The van der Waals surface area contributed by atoms with Crippen LogP contribution in [0.15, 0.2) is 18.2 Å². The first-order valence-corrected chi connectivity index (χ1v) is 6.78. The summed E-state index contributed by atoms with van der Waals surface area (Å²) in [5.74, 6) is -0.444. The summed E-state index contributed by atoms with van der Waals surface area (Å²) in [5.41, 5.74) is 0.661. The fraction of sp³-hybridized carbons (Fsp3) is 0.500. The number of nitrogens with zero attached hydrogens (tertiary/aromatic N) is 1. The maximum absolute atomic E-state index is 11.7. The quantitative estimate of drug-likeness (QED) is 0.448. The van der Waals surface area contributed by atoms with Gasteiger partial charge in [-0.1, -0.05) is 13.0 Å². The van der Waals surface area contributed by atoms with E-state index < -0.39 is 17.0 Å². The van der Waals surface area contributed by atoms with Crippen LogP contribution in [-0.2, 0) is 16.1 Å². The summed E-state index contributed by atoms with van der Waals surface area (Å²) in [6.07, 6.45) is -0.486. The number of nitro benzene ring substituents is 1. The third-order valence-corrected chi connectivity index (χ3v) is 2.79. The second-order valence-electron chi connectivity index (χ2n) is 4.36. The Kier molecular flexibility index (Phi) is 6.61. The zero-order valence-corrected chi connectivity index (χ0v) is 12.4. The van der Waals surface area contributed by atoms with Crippen molar-refractivity contribution in [3.05, 3.63) is 33.9 Å². The second-order valence-corrected chi connectivity index (χ2v) is 4.36. The van der Waals surface area contributed by atoms with Crippen molar-refractivity contribution >= 4 is 11.7 Å². The van der Waals surface area contributed by atoms with Crippen molar-refractivity contribution < 1.29 is 19.2 Å². The Hall–Kier alpha value is -2.15. The molecule has 0 bridgehead atoms. The van der Waals surface area contributed by atoms with Gasteiger partial charge in [-0.3, -0.25) is 10.1 Å². The van der Waals surface area contributed by atoms with Crippen LogP contribution in [-0.4, -0.2) is 30.7 Å². The molecule has 1 aromatic rings. The van der Waals surface area contributed by atoms with Crippen molar-refractivity contribution in [3.63, 3.8) is 0 Å². The van der Waals surface area contributed by atoms with E-state index in [1.807, 2.05) is 0 Å². The van der Waals surface area contributed by atoms with E-state index in [9.17, 15) is 14.9 Å². The number of rotatable bonds is 8. The summed E-state index contributed by atoms with van der Waals surface area (Å²) in [6.45, 7) is 4.23. The Bertz CT molecular complexity index is 504. The Morgan fingerprint density at radius 1 is 1.43 bits per heavy atom. The van der Waals surface area contributed by atoms with Crippen molar-refractivity contribution in [3.8, 4) is 5.75 Å². The van der Waals surface area contributed by atoms with Gasteiger partial charge in [0.2, 0.25) is 0 Å². The summed E-state index contributed by atoms with van der Waals surface area (Å²) < 4.78 is 10.4. The van der Waals surface area contributed by atoms with E-state index in [4.69, 9.17) is 9.47 Å². The first kappa shape index (κ1) is 16.9. The first-order valence-electron chi connectivity index (χ1n) is 6.78. The van der Waals surface area contributed by atoms with E-state index in [1.54, 1.807) is 33.0 Å². The number of nitro groups is 1. The molecule has 116 valence electrons. The van der Waals surface area contributed by atoms with Crippen LogP contribution in [0.3, 0.4) is 0 Å². The predicted molar refractivity (Wildman–Crippen MR) is 77.2 cm³/mol. The normalized spacial score (nSPS) is 11.8. The Morgan fingerprint density at radius 3 is 2.67 bits per heavy atom. The highest BCUT2D eigenvalue weighted by atomic mass is 16.6. The largest absolute Gasteiger partial charge is 0.472 e. The lowest BCUT2D eigenvalue weighted by molar-refractivity contribution is -0.386. The van der Waals surface area contributed by atoms with Crippen LogP contribution in [0.4, 0.5) is 5.69 Å². The van der Waals surface area contributed by atoms with Crippen LogP contribution in [0.5, 0.6) is 5.75 Å². The Labute approximate surface area is 123 Å². The molecule has 0 aliphatic heterocycles. The monoisotopic (exact) mass is 296 g/mol. The number of carbonyl (C=O) groups excluding carboxylic acids is 1. The molecule has 0 aliphatic rings. The minimum Gasteiger partial charge on any atom is -0.472 e. The van der Waals surface area contributed by atoms with Gasteiger partial charge in [0, 0.05) is 12.6 Å².